The van der Waals surface area contributed by atoms with Gasteiger partial charge in [-0.15, -0.1) is 0 Å². The molecule has 8 heteroatoms. The van der Waals surface area contributed by atoms with Crippen molar-refractivity contribution in [3.05, 3.63) is 17.0 Å². The summed E-state index contributed by atoms with van der Waals surface area (Å²) < 4.78 is 7.21. The number of anilines is 1. The van der Waals surface area contributed by atoms with E-state index in [0.29, 0.717) is 5.95 Å². The fraction of sp³-hybridized carbons (Fsp3) is 0.538. The molecule has 21 heavy (non-hydrogen) atoms. The summed E-state index contributed by atoms with van der Waals surface area (Å²) in [6.45, 7) is 9.85. The SMILES string of the molecule is CCc1c(C)nn(-c2nc(NN)nc(OC(C)C)n2)c1C. The maximum atomic E-state index is 5.52. The number of ether oxygens (including phenoxy) is 1. The second-order valence-corrected chi connectivity index (χ2v) is 4.97. The lowest BCUT2D eigenvalue weighted by molar-refractivity contribution is 0.221. The largest absolute Gasteiger partial charge is 0.461 e. The topological polar surface area (TPSA) is 104 Å². The molecule has 0 aromatic carbocycles. The van der Waals surface area contributed by atoms with Crippen LogP contribution < -0.4 is 16.0 Å². The molecule has 0 unspecified atom stereocenters. The van der Waals surface area contributed by atoms with E-state index in [0.717, 1.165) is 17.8 Å². The van der Waals surface area contributed by atoms with Gasteiger partial charge in [0, 0.05) is 5.69 Å². The smallest absolute Gasteiger partial charge is 0.323 e. The predicted molar refractivity (Wildman–Crippen MR) is 79.4 cm³/mol. The Morgan fingerprint density at radius 2 is 1.95 bits per heavy atom. The van der Waals surface area contributed by atoms with Gasteiger partial charge in [0.25, 0.3) is 5.95 Å². The predicted octanol–water partition coefficient (Wildman–Crippen LogP) is 1.31. The minimum atomic E-state index is -0.0440. The number of aryl methyl sites for hydroxylation is 1. The summed E-state index contributed by atoms with van der Waals surface area (Å²) in [6.07, 6.45) is 0.859. The van der Waals surface area contributed by atoms with E-state index in [1.165, 1.54) is 5.56 Å². The van der Waals surface area contributed by atoms with Crippen LogP contribution in [0.3, 0.4) is 0 Å². The molecule has 8 nitrogen and oxygen atoms in total. The Kier molecular flexibility index (Phi) is 4.37. The number of aromatic nitrogens is 5. The van der Waals surface area contributed by atoms with Gasteiger partial charge in [0.05, 0.1) is 11.8 Å². The quantitative estimate of drug-likeness (QED) is 0.632. The van der Waals surface area contributed by atoms with Crippen molar-refractivity contribution in [2.24, 2.45) is 5.84 Å². The first-order chi connectivity index (χ1) is 9.96. The normalized spacial score (nSPS) is 11.0. The zero-order valence-electron chi connectivity index (χ0n) is 13.0. The van der Waals surface area contributed by atoms with Crippen LogP contribution in [0.5, 0.6) is 6.01 Å². The number of nitrogens with zero attached hydrogens (tertiary/aromatic N) is 5. The molecule has 2 rings (SSSR count). The molecule has 0 aliphatic heterocycles. The maximum Gasteiger partial charge on any atom is 0.323 e. The highest BCUT2D eigenvalue weighted by Gasteiger charge is 2.16. The Bertz CT molecular complexity index is 636. The van der Waals surface area contributed by atoms with Crippen molar-refractivity contribution in [1.29, 1.82) is 0 Å². The van der Waals surface area contributed by atoms with Crippen LogP contribution in [0.25, 0.3) is 5.95 Å². The molecule has 0 aliphatic rings. The van der Waals surface area contributed by atoms with E-state index in [1.54, 1.807) is 4.68 Å². The molecule has 0 saturated carbocycles. The molecule has 0 amide bonds. The lowest BCUT2D eigenvalue weighted by Gasteiger charge is -2.10. The Labute approximate surface area is 123 Å². The van der Waals surface area contributed by atoms with Crippen LogP contribution in [0, 0.1) is 13.8 Å². The Hall–Kier alpha value is -2.22. The summed E-state index contributed by atoms with van der Waals surface area (Å²) in [4.78, 5) is 12.6. The van der Waals surface area contributed by atoms with Gasteiger partial charge in [0.15, 0.2) is 0 Å². The number of nitrogens with two attached hydrogens (primary N) is 1. The third-order valence-electron chi connectivity index (χ3n) is 3.06. The Morgan fingerprint density at radius 3 is 2.48 bits per heavy atom. The number of hydrazine groups is 1. The van der Waals surface area contributed by atoms with Crippen LogP contribution >= 0.6 is 0 Å². The first kappa shape index (κ1) is 15.2. The van der Waals surface area contributed by atoms with E-state index in [-0.39, 0.29) is 18.1 Å². The van der Waals surface area contributed by atoms with E-state index < -0.39 is 0 Å². The van der Waals surface area contributed by atoms with Crippen molar-refractivity contribution in [3.63, 3.8) is 0 Å². The van der Waals surface area contributed by atoms with Crippen LogP contribution in [-0.4, -0.2) is 30.8 Å². The third kappa shape index (κ3) is 3.10. The van der Waals surface area contributed by atoms with E-state index >= 15 is 0 Å². The minimum Gasteiger partial charge on any atom is -0.461 e. The second kappa shape index (κ2) is 6.04. The van der Waals surface area contributed by atoms with Crippen molar-refractivity contribution in [1.82, 2.24) is 24.7 Å². The van der Waals surface area contributed by atoms with E-state index in [1.807, 2.05) is 27.7 Å². The molecule has 2 heterocycles. The van der Waals surface area contributed by atoms with Gasteiger partial charge in [-0.25, -0.2) is 10.5 Å². The van der Waals surface area contributed by atoms with Gasteiger partial charge in [-0.1, -0.05) is 6.92 Å². The molecule has 3 N–H and O–H groups in total. The molecule has 0 saturated heterocycles. The van der Waals surface area contributed by atoms with Crippen LogP contribution in [0.4, 0.5) is 5.95 Å². The maximum absolute atomic E-state index is 5.52. The van der Waals surface area contributed by atoms with Gasteiger partial charge in [-0.3, -0.25) is 5.43 Å². The molecular formula is C13H21N7O. The van der Waals surface area contributed by atoms with Crippen molar-refractivity contribution in [3.8, 4) is 12.0 Å². The van der Waals surface area contributed by atoms with Gasteiger partial charge in [0.2, 0.25) is 5.95 Å². The van der Waals surface area contributed by atoms with Crippen molar-refractivity contribution in [2.45, 2.75) is 47.1 Å². The molecule has 114 valence electrons. The number of hydrogen-bond acceptors (Lipinski definition) is 7. The van der Waals surface area contributed by atoms with Crippen LogP contribution in [0.15, 0.2) is 0 Å². The Balaban J connectivity index is 2.52. The van der Waals surface area contributed by atoms with Crippen molar-refractivity contribution < 1.29 is 4.74 Å². The van der Waals surface area contributed by atoms with Crippen molar-refractivity contribution in [2.75, 3.05) is 5.43 Å². The molecule has 0 radical (unpaired) electrons. The Morgan fingerprint density at radius 1 is 1.24 bits per heavy atom. The first-order valence-corrected chi connectivity index (χ1v) is 6.91. The van der Waals surface area contributed by atoms with E-state index in [4.69, 9.17) is 10.6 Å². The molecule has 0 fully saturated rings. The van der Waals surface area contributed by atoms with Crippen LogP contribution in [0.1, 0.15) is 37.7 Å². The molecule has 0 atom stereocenters. The van der Waals surface area contributed by atoms with Crippen LogP contribution in [-0.2, 0) is 6.42 Å². The molecular weight excluding hydrogens is 270 g/mol. The third-order valence-corrected chi connectivity index (χ3v) is 3.06. The molecule has 0 aliphatic carbocycles. The van der Waals surface area contributed by atoms with Crippen molar-refractivity contribution >= 4 is 5.95 Å². The zero-order chi connectivity index (χ0) is 15.6. The molecule has 0 spiro atoms. The fourth-order valence-electron chi connectivity index (χ4n) is 2.15. The molecule has 2 aromatic heterocycles. The lowest BCUT2D eigenvalue weighted by atomic mass is 10.1. The summed E-state index contributed by atoms with van der Waals surface area (Å²) in [7, 11) is 0. The average Bonchev–Trinajstić information content (AvgIpc) is 2.72. The van der Waals surface area contributed by atoms with E-state index in [9.17, 15) is 0 Å². The first-order valence-electron chi connectivity index (χ1n) is 6.91. The minimum absolute atomic E-state index is 0.0440. The lowest BCUT2D eigenvalue weighted by Crippen LogP contribution is -2.17. The van der Waals surface area contributed by atoms with E-state index in [2.05, 4.69) is 32.4 Å². The summed E-state index contributed by atoms with van der Waals surface area (Å²) in [6, 6.07) is 0.216. The highest BCUT2D eigenvalue weighted by Crippen LogP contribution is 2.18. The zero-order valence-corrected chi connectivity index (χ0v) is 13.0. The van der Waals surface area contributed by atoms with Gasteiger partial charge >= 0.3 is 6.01 Å². The standard InChI is InChI=1S/C13H21N7O/c1-6-10-8(4)19-20(9(10)5)12-15-11(18-14)16-13(17-12)21-7(2)3/h7H,6,14H2,1-5H3,(H,15,16,17,18). The van der Waals surface area contributed by atoms with Gasteiger partial charge < -0.3 is 4.74 Å². The second-order valence-electron chi connectivity index (χ2n) is 4.97. The van der Waals surface area contributed by atoms with Gasteiger partial charge in [-0.05, 0) is 39.7 Å². The van der Waals surface area contributed by atoms with Crippen LogP contribution in [0.2, 0.25) is 0 Å². The monoisotopic (exact) mass is 291 g/mol. The number of hydrogen-bond donors (Lipinski definition) is 2. The van der Waals surface area contributed by atoms with Gasteiger partial charge in [-0.2, -0.15) is 20.1 Å². The number of nitrogens with one attached hydrogen (secondary N) is 1. The molecule has 0 bridgehead atoms. The van der Waals surface area contributed by atoms with Gasteiger partial charge in [0.1, 0.15) is 0 Å². The summed E-state index contributed by atoms with van der Waals surface area (Å²) in [5.41, 5.74) is 5.57. The summed E-state index contributed by atoms with van der Waals surface area (Å²) in [5, 5.41) is 4.49. The highest BCUT2D eigenvalue weighted by atomic mass is 16.5. The average molecular weight is 291 g/mol. The fourth-order valence-corrected chi connectivity index (χ4v) is 2.15. The summed E-state index contributed by atoms with van der Waals surface area (Å²) in [5.74, 6) is 6.03. The summed E-state index contributed by atoms with van der Waals surface area (Å²) >= 11 is 0. The molecule has 2 aromatic rings. The number of rotatable bonds is 5. The number of nitrogen functional groups attached to an aromatic ring is 1. The highest BCUT2D eigenvalue weighted by molar-refractivity contribution is 5.33.